The van der Waals surface area contributed by atoms with Crippen molar-refractivity contribution in [3.63, 3.8) is 0 Å². The smallest absolute Gasteiger partial charge is 0.312 e. The van der Waals surface area contributed by atoms with Gasteiger partial charge in [0.15, 0.2) is 0 Å². The molecule has 7 heteroatoms. The third kappa shape index (κ3) is 6.83. The Morgan fingerprint density at radius 2 is 1.47 bits per heavy atom. The molecule has 0 aliphatic carbocycles. The lowest BCUT2D eigenvalue weighted by atomic mass is 9.65. The number of aliphatic hydroxyl groups is 1. The van der Waals surface area contributed by atoms with Gasteiger partial charge in [-0.1, -0.05) is 37.3 Å². The fraction of sp³-hybridized carbons (Fsp3) is 0.609. The van der Waals surface area contributed by atoms with Crippen LogP contribution in [0.4, 0.5) is 0 Å². The number of hydrogen-bond acceptors (Lipinski definition) is 6. The number of aliphatic carboxylic acids is 1. The van der Waals surface area contributed by atoms with Gasteiger partial charge in [0.1, 0.15) is 13.2 Å². The van der Waals surface area contributed by atoms with Crippen molar-refractivity contribution in [1.82, 2.24) is 0 Å². The standard InChI is InChI=1S/C23H34O7/c1-6-22(4,19(27)30-14-17-10-8-7-9-11-17)16-23(5,20(28)29-13-12-24)15-21(2,3)18(25)26/h7-11,24H,6,12-16H2,1-5H3,(H,25,26). The summed E-state index contributed by atoms with van der Waals surface area (Å²) in [5.41, 5.74) is -2.64. The molecule has 2 atom stereocenters. The Morgan fingerprint density at radius 1 is 0.900 bits per heavy atom. The normalized spacial score (nSPS) is 15.5. The zero-order valence-corrected chi connectivity index (χ0v) is 18.6. The van der Waals surface area contributed by atoms with Crippen LogP contribution >= 0.6 is 0 Å². The largest absolute Gasteiger partial charge is 0.481 e. The van der Waals surface area contributed by atoms with Crippen molar-refractivity contribution in [2.24, 2.45) is 16.2 Å². The molecule has 0 radical (unpaired) electrons. The summed E-state index contributed by atoms with van der Waals surface area (Å²) in [7, 11) is 0. The summed E-state index contributed by atoms with van der Waals surface area (Å²) in [5, 5.41) is 18.6. The molecular formula is C23H34O7. The van der Waals surface area contributed by atoms with Crippen LogP contribution in [0.3, 0.4) is 0 Å². The molecule has 0 fully saturated rings. The van der Waals surface area contributed by atoms with Gasteiger partial charge in [0.25, 0.3) is 0 Å². The van der Waals surface area contributed by atoms with E-state index in [1.165, 1.54) is 13.8 Å². The third-order valence-corrected chi connectivity index (χ3v) is 5.49. The van der Waals surface area contributed by atoms with Crippen LogP contribution in [-0.4, -0.2) is 41.3 Å². The number of hydrogen-bond donors (Lipinski definition) is 2. The van der Waals surface area contributed by atoms with E-state index in [0.717, 1.165) is 5.56 Å². The molecule has 0 spiro atoms. The van der Waals surface area contributed by atoms with Crippen LogP contribution in [0.5, 0.6) is 0 Å². The number of carbonyl (C=O) groups excluding carboxylic acids is 2. The van der Waals surface area contributed by atoms with Crippen molar-refractivity contribution >= 4 is 17.9 Å². The van der Waals surface area contributed by atoms with Gasteiger partial charge in [-0.05, 0) is 52.5 Å². The fourth-order valence-corrected chi connectivity index (χ4v) is 3.67. The summed E-state index contributed by atoms with van der Waals surface area (Å²) < 4.78 is 10.7. The topological polar surface area (TPSA) is 110 Å². The second kappa shape index (κ2) is 10.6. The van der Waals surface area contributed by atoms with E-state index in [2.05, 4.69) is 0 Å². The van der Waals surface area contributed by atoms with Crippen LogP contribution in [0.25, 0.3) is 0 Å². The summed E-state index contributed by atoms with van der Waals surface area (Å²) in [6.45, 7) is 7.79. The quantitative estimate of drug-likeness (QED) is 0.495. The Bertz CT molecular complexity index is 728. The number of benzene rings is 1. The Hall–Kier alpha value is -2.41. The third-order valence-electron chi connectivity index (χ3n) is 5.49. The molecule has 0 aliphatic rings. The average Bonchev–Trinajstić information content (AvgIpc) is 2.70. The molecule has 0 amide bonds. The van der Waals surface area contributed by atoms with Gasteiger partial charge in [0.2, 0.25) is 0 Å². The Labute approximate surface area is 178 Å². The second-order valence-electron chi connectivity index (χ2n) is 8.94. The predicted octanol–water partition coefficient (Wildman–Crippen LogP) is 3.58. The lowest BCUT2D eigenvalue weighted by molar-refractivity contribution is -0.168. The molecule has 0 bridgehead atoms. The van der Waals surface area contributed by atoms with Gasteiger partial charge in [0.05, 0.1) is 22.9 Å². The SMILES string of the molecule is CCC(C)(CC(C)(CC(C)(C)C(=O)O)C(=O)OCCO)C(=O)OCc1ccccc1. The Balaban J connectivity index is 3.10. The number of rotatable bonds is 12. The van der Waals surface area contributed by atoms with Gasteiger partial charge >= 0.3 is 17.9 Å². The zero-order chi connectivity index (χ0) is 23.0. The maximum atomic E-state index is 13.0. The molecule has 0 saturated carbocycles. The predicted molar refractivity (Wildman–Crippen MR) is 111 cm³/mol. The van der Waals surface area contributed by atoms with Gasteiger partial charge in [-0.2, -0.15) is 0 Å². The number of esters is 2. The van der Waals surface area contributed by atoms with Gasteiger partial charge in [0, 0.05) is 0 Å². The number of carboxylic acid groups (broad SMARTS) is 1. The van der Waals surface area contributed by atoms with Crippen molar-refractivity contribution in [2.75, 3.05) is 13.2 Å². The van der Waals surface area contributed by atoms with Crippen LogP contribution < -0.4 is 0 Å². The van der Waals surface area contributed by atoms with Crippen LogP contribution in [0.1, 0.15) is 59.4 Å². The van der Waals surface area contributed by atoms with Crippen LogP contribution in [0, 0.1) is 16.2 Å². The number of carbonyl (C=O) groups is 3. The van der Waals surface area contributed by atoms with E-state index in [0.29, 0.717) is 6.42 Å². The number of ether oxygens (including phenoxy) is 2. The van der Waals surface area contributed by atoms with Gasteiger partial charge in [-0.15, -0.1) is 0 Å². The summed E-state index contributed by atoms with van der Waals surface area (Å²) in [4.78, 5) is 37.5. The Morgan fingerprint density at radius 3 is 1.97 bits per heavy atom. The van der Waals surface area contributed by atoms with Gasteiger partial charge in [-0.3, -0.25) is 14.4 Å². The molecule has 0 aromatic heterocycles. The summed E-state index contributed by atoms with van der Waals surface area (Å²) >= 11 is 0. The summed E-state index contributed by atoms with van der Waals surface area (Å²) in [5.74, 6) is -2.14. The summed E-state index contributed by atoms with van der Waals surface area (Å²) in [6.07, 6.45) is 0.434. The van der Waals surface area contributed by atoms with E-state index < -0.39 is 34.2 Å². The maximum absolute atomic E-state index is 13.0. The monoisotopic (exact) mass is 422 g/mol. The van der Waals surface area contributed by atoms with E-state index >= 15 is 0 Å². The first kappa shape index (κ1) is 25.6. The molecule has 1 aromatic carbocycles. The summed E-state index contributed by atoms with van der Waals surface area (Å²) in [6, 6.07) is 9.27. The van der Waals surface area contributed by atoms with Crippen molar-refractivity contribution in [2.45, 2.75) is 60.5 Å². The molecule has 1 rings (SSSR count). The molecule has 0 heterocycles. The van der Waals surface area contributed by atoms with E-state index in [-0.39, 0.29) is 32.7 Å². The van der Waals surface area contributed by atoms with E-state index in [9.17, 15) is 19.5 Å². The molecule has 2 N–H and O–H groups in total. The molecule has 1 aromatic rings. The highest BCUT2D eigenvalue weighted by atomic mass is 16.5. The van der Waals surface area contributed by atoms with Crippen LogP contribution in [-0.2, 0) is 30.5 Å². The highest BCUT2D eigenvalue weighted by molar-refractivity contribution is 5.82. The number of carboxylic acids is 1. The molecule has 2 unspecified atom stereocenters. The minimum Gasteiger partial charge on any atom is -0.481 e. The maximum Gasteiger partial charge on any atom is 0.312 e. The molecule has 0 aliphatic heterocycles. The zero-order valence-electron chi connectivity index (χ0n) is 18.6. The average molecular weight is 423 g/mol. The molecular weight excluding hydrogens is 388 g/mol. The highest BCUT2D eigenvalue weighted by Crippen LogP contribution is 2.45. The fourth-order valence-electron chi connectivity index (χ4n) is 3.67. The van der Waals surface area contributed by atoms with Crippen molar-refractivity contribution < 1.29 is 34.1 Å². The van der Waals surface area contributed by atoms with Crippen LogP contribution in [0.15, 0.2) is 30.3 Å². The van der Waals surface area contributed by atoms with E-state index in [1.807, 2.05) is 37.3 Å². The van der Waals surface area contributed by atoms with E-state index in [4.69, 9.17) is 14.6 Å². The van der Waals surface area contributed by atoms with Crippen molar-refractivity contribution in [3.05, 3.63) is 35.9 Å². The first-order chi connectivity index (χ1) is 13.9. The Kier molecular flexibility index (Phi) is 9.03. The van der Waals surface area contributed by atoms with E-state index in [1.54, 1.807) is 13.8 Å². The molecule has 168 valence electrons. The molecule has 30 heavy (non-hydrogen) atoms. The van der Waals surface area contributed by atoms with Crippen molar-refractivity contribution in [3.8, 4) is 0 Å². The lowest BCUT2D eigenvalue weighted by Gasteiger charge is -2.39. The molecule has 0 saturated heterocycles. The lowest BCUT2D eigenvalue weighted by Crippen LogP contribution is -2.44. The first-order valence-electron chi connectivity index (χ1n) is 10.1. The highest BCUT2D eigenvalue weighted by Gasteiger charge is 2.49. The minimum absolute atomic E-state index is 0.0266. The molecule has 7 nitrogen and oxygen atoms in total. The minimum atomic E-state index is -1.26. The number of aliphatic hydroxyl groups excluding tert-OH is 1. The van der Waals surface area contributed by atoms with Crippen molar-refractivity contribution in [1.29, 1.82) is 0 Å². The van der Waals surface area contributed by atoms with Crippen LogP contribution in [0.2, 0.25) is 0 Å². The van der Waals surface area contributed by atoms with Gasteiger partial charge < -0.3 is 19.7 Å². The first-order valence-corrected chi connectivity index (χ1v) is 10.1. The second-order valence-corrected chi connectivity index (χ2v) is 8.94. The van der Waals surface area contributed by atoms with Gasteiger partial charge in [-0.25, -0.2) is 0 Å².